The lowest BCUT2D eigenvalue weighted by molar-refractivity contribution is 0.395. The molecule has 1 unspecified atom stereocenters. The number of methoxy groups -OCH3 is 1. The molecule has 3 nitrogen and oxygen atoms in total. The van der Waals surface area contributed by atoms with E-state index in [4.69, 9.17) is 16.3 Å². The number of nitriles is 1. The number of hydrogen-bond donors (Lipinski definition) is 0. The molecule has 0 amide bonds. The molecule has 0 saturated heterocycles. The van der Waals surface area contributed by atoms with Crippen molar-refractivity contribution in [3.63, 3.8) is 0 Å². The van der Waals surface area contributed by atoms with Crippen LogP contribution in [0.2, 0.25) is 0 Å². The number of benzene rings is 2. The van der Waals surface area contributed by atoms with Crippen molar-refractivity contribution in [3.8, 4) is 11.9 Å². The van der Waals surface area contributed by atoms with Gasteiger partial charge in [0.15, 0.2) is 0 Å². The smallest absolute Gasteiger partial charge is 0.216 e. The standard InChI is InChI=1S/C23H23ClN2O/c1-4-18-11-19-8-9-20(12-21(19)26-22(18)27-3)23(2,15-25)13-16-6-5-7-17(10-16)14-24/h5-12H,4,13-14H2,1-3H3. The molecule has 0 saturated carbocycles. The number of nitrogens with zero attached hydrogens (tertiary/aromatic N) is 2. The predicted octanol–water partition coefficient (Wildman–Crippen LogP) is 5.57. The van der Waals surface area contributed by atoms with Crippen LogP contribution < -0.4 is 4.74 Å². The molecular weight excluding hydrogens is 356 g/mol. The third-order valence-corrected chi connectivity index (χ3v) is 5.33. The van der Waals surface area contributed by atoms with Crippen molar-refractivity contribution < 1.29 is 4.74 Å². The SMILES string of the molecule is CCc1cc2ccc(C(C)(C#N)Cc3cccc(CCl)c3)cc2nc1OC. The molecule has 1 heterocycles. The number of rotatable bonds is 6. The van der Waals surface area contributed by atoms with Gasteiger partial charge in [-0.2, -0.15) is 5.26 Å². The molecule has 0 aliphatic carbocycles. The summed E-state index contributed by atoms with van der Waals surface area (Å²) < 4.78 is 5.43. The summed E-state index contributed by atoms with van der Waals surface area (Å²) in [5.74, 6) is 1.12. The monoisotopic (exact) mass is 378 g/mol. The molecule has 0 aliphatic heterocycles. The Kier molecular flexibility index (Phi) is 5.68. The Balaban J connectivity index is 2.03. The lowest BCUT2D eigenvalue weighted by Crippen LogP contribution is -2.23. The molecule has 0 bridgehead atoms. The van der Waals surface area contributed by atoms with Gasteiger partial charge in [-0.1, -0.05) is 43.3 Å². The topological polar surface area (TPSA) is 45.9 Å². The highest BCUT2D eigenvalue weighted by Crippen LogP contribution is 2.31. The van der Waals surface area contributed by atoms with Crippen LogP contribution in [0.4, 0.5) is 0 Å². The number of hydrogen-bond acceptors (Lipinski definition) is 3. The van der Waals surface area contributed by atoms with Crippen molar-refractivity contribution >= 4 is 22.5 Å². The first-order valence-electron chi connectivity index (χ1n) is 9.06. The van der Waals surface area contributed by atoms with Crippen LogP contribution in [-0.2, 0) is 24.1 Å². The maximum Gasteiger partial charge on any atom is 0.216 e. The van der Waals surface area contributed by atoms with Crippen LogP contribution in [0.1, 0.15) is 36.1 Å². The lowest BCUT2D eigenvalue weighted by Gasteiger charge is -2.23. The van der Waals surface area contributed by atoms with E-state index < -0.39 is 5.41 Å². The van der Waals surface area contributed by atoms with E-state index >= 15 is 0 Å². The molecule has 138 valence electrons. The van der Waals surface area contributed by atoms with Gasteiger partial charge in [-0.15, -0.1) is 11.6 Å². The van der Waals surface area contributed by atoms with Crippen LogP contribution in [0.25, 0.3) is 10.9 Å². The summed E-state index contributed by atoms with van der Waals surface area (Å²) in [6, 6.07) is 18.8. The molecule has 1 aromatic heterocycles. The van der Waals surface area contributed by atoms with E-state index in [1.165, 1.54) is 0 Å². The highest BCUT2D eigenvalue weighted by Gasteiger charge is 2.27. The maximum absolute atomic E-state index is 9.96. The van der Waals surface area contributed by atoms with Gasteiger partial charge in [0.05, 0.1) is 24.1 Å². The summed E-state index contributed by atoms with van der Waals surface area (Å²) >= 11 is 5.95. The summed E-state index contributed by atoms with van der Waals surface area (Å²) in [5.41, 5.74) is 4.39. The normalized spacial score (nSPS) is 13.1. The van der Waals surface area contributed by atoms with Crippen LogP contribution in [0.3, 0.4) is 0 Å². The van der Waals surface area contributed by atoms with E-state index in [9.17, 15) is 5.26 Å². The van der Waals surface area contributed by atoms with Gasteiger partial charge in [0, 0.05) is 16.8 Å². The second kappa shape index (κ2) is 7.98. The van der Waals surface area contributed by atoms with E-state index in [1.807, 2.05) is 43.3 Å². The highest BCUT2D eigenvalue weighted by atomic mass is 35.5. The van der Waals surface area contributed by atoms with Crippen molar-refractivity contribution in [2.24, 2.45) is 0 Å². The van der Waals surface area contributed by atoms with Gasteiger partial charge < -0.3 is 4.74 Å². The number of aromatic nitrogens is 1. The molecule has 3 aromatic rings. The molecule has 0 radical (unpaired) electrons. The van der Waals surface area contributed by atoms with E-state index in [2.05, 4.69) is 30.1 Å². The van der Waals surface area contributed by atoms with Gasteiger partial charge in [-0.05, 0) is 48.6 Å². The minimum absolute atomic E-state index is 0.469. The van der Waals surface area contributed by atoms with E-state index in [0.29, 0.717) is 18.2 Å². The zero-order valence-electron chi connectivity index (χ0n) is 15.9. The summed E-state index contributed by atoms with van der Waals surface area (Å²) in [6.07, 6.45) is 1.48. The maximum atomic E-state index is 9.96. The molecule has 3 rings (SSSR count). The fourth-order valence-electron chi connectivity index (χ4n) is 3.40. The fraction of sp³-hybridized carbons (Fsp3) is 0.304. The first kappa shape index (κ1) is 19.2. The number of aryl methyl sites for hydroxylation is 1. The number of halogens is 1. The van der Waals surface area contributed by atoms with Gasteiger partial charge in [-0.25, -0.2) is 4.98 Å². The molecule has 2 aromatic carbocycles. The first-order valence-corrected chi connectivity index (χ1v) is 9.59. The summed E-state index contributed by atoms with van der Waals surface area (Å²) in [5, 5.41) is 11.0. The average Bonchev–Trinajstić information content (AvgIpc) is 2.72. The van der Waals surface area contributed by atoms with Crippen LogP contribution in [0.15, 0.2) is 48.5 Å². The van der Waals surface area contributed by atoms with Crippen LogP contribution >= 0.6 is 11.6 Å². The van der Waals surface area contributed by atoms with Gasteiger partial charge in [0.2, 0.25) is 5.88 Å². The molecular formula is C23H23ClN2O. The average molecular weight is 379 g/mol. The van der Waals surface area contributed by atoms with E-state index in [-0.39, 0.29) is 0 Å². The van der Waals surface area contributed by atoms with Crippen molar-refractivity contribution in [3.05, 3.63) is 70.8 Å². The minimum Gasteiger partial charge on any atom is -0.481 e. The second-order valence-electron chi connectivity index (χ2n) is 6.99. The zero-order valence-corrected chi connectivity index (χ0v) is 16.7. The summed E-state index contributed by atoms with van der Waals surface area (Å²) in [7, 11) is 1.64. The Bertz CT molecular complexity index is 1010. The Labute approximate surface area is 165 Å². The quantitative estimate of drug-likeness (QED) is 0.527. The second-order valence-corrected chi connectivity index (χ2v) is 7.26. The highest BCUT2D eigenvalue weighted by molar-refractivity contribution is 6.17. The Morgan fingerprint density at radius 1 is 1.15 bits per heavy atom. The van der Waals surface area contributed by atoms with Crippen molar-refractivity contribution in [1.82, 2.24) is 4.98 Å². The van der Waals surface area contributed by atoms with Crippen molar-refractivity contribution in [1.29, 1.82) is 5.26 Å². The fourth-order valence-corrected chi connectivity index (χ4v) is 3.57. The summed E-state index contributed by atoms with van der Waals surface area (Å²) in [4.78, 5) is 4.66. The number of pyridine rings is 1. The number of alkyl halides is 1. The molecule has 0 spiro atoms. The number of ether oxygens (including phenoxy) is 1. The zero-order chi connectivity index (χ0) is 19.4. The van der Waals surface area contributed by atoms with Crippen LogP contribution in [0.5, 0.6) is 5.88 Å². The Morgan fingerprint density at radius 3 is 2.59 bits per heavy atom. The Morgan fingerprint density at radius 2 is 1.93 bits per heavy atom. The first-order chi connectivity index (χ1) is 13.0. The van der Waals surface area contributed by atoms with Gasteiger partial charge in [-0.3, -0.25) is 0 Å². The van der Waals surface area contributed by atoms with Gasteiger partial charge in [0.1, 0.15) is 0 Å². The third kappa shape index (κ3) is 3.91. The summed E-state index contributed by atoms with van der Waals surface area (Å²) in [6.45, 7) is 4.06. The lowest BCUT2D eigenvalue weighted by atomic mass is 9.78. The van der Waals surface area contributed by atoms with Crippen LogP contribution in [0, 0.1) is 11.3 Å². The van der Waals surface area contributed by atoms with Crippen molar-refractivity contribution in [2.75, 3.05) is 7.11 Å². The van der Waals surface area contributed by atoms with Gasteiger partial charge in [0.25, 0.3) is 0 Å². The van der Waals surface area contributed by atoms with E-state index in [0.717, 1.165) is 39.6 Å². The molecule has 0 N–H and O–H groups in total. The van der Waals surface area contributed by atoms with E-state index in [1.54, 1.807) is 7.11 Å². The van der Waals surface area contributed by atoms with Crippen LogP contribution in [-0.4, -0.2) is 12.1 Å². The van der Waals surface area contributed by atoms with Crippen molar-refractivity contribution in [2.45, 2.75) is 38.0 Å². The molecule has 1 atom stereocenters. The molecule has 0 fully saturated rings. The molecule has 4 heteroatoms. The number of fused-ring (bicyclic) bond motifs is 1. The third-order valence-electron chi connectivity index (χ3n) is 5.02. The molecule has 0 aliphatic rings. The predicted molar refractivity (Wildman–Crippen MR) is 110 cm³/mol. The largest absolute Gasteiger partial charge is 0.481 e. The Hall–Kier alpha value is -2.57. The van der Waals surface area contributed by atoms with Gasteiger partial charge >= 0.3 is 0 Å². The molecule has 27 heavy (non-hydrogen) atoms. The minimum atomic E-state index is -0.655.